The number of rotatable bonds is 8. The number of nitrogens with zero attached hydrogens (tertiary/aromatic N) is 3. The van der Waals surface area contributed by atoms with Gasteiger partial charge in [-0.3, -0.25) is 4.79 Å². The summed E-state index contributed by atoms with van der Waals surface area (Å²) in [5.41, 5.74) is 0. The first-order valence-corrected chi connectivity index (χ1v) is 6.73. The van der Waals surface area contributed by atoms with Gasteiger partial charge in [0.15, 0.2) is 5.82 Å². The molecule has 1 amide bonds. The molecular formula is C13H23N5O2. The lowest BCUT2D eigenvalue weighted by molar-refractivity contribution is -0.119. The molecule has 7 heteroatoms. The summed E-state index contributed by atoms with van der Waals surface area (Å²) in [6.45, 7) is 5.82. The summed E-state index contributed by atoms with van der Waals surface area (Å²) in [4.78, 5) is 22.2. The number of amides is 1. The molecular weight excluding hydrogens is 258 g/mol. The van der Waals surface area contributed by atoms with Crippen LogP contribution in [0.15, 0.2) is 6.07 Å². The summed E-state index contributed by atoms with van der Waals surface area (Å²) in [5.74, 6) is 1.97. The maximum absolute atomic E-state index is 11.5. The van der Waals surface area contributed by atoms with Gasteiger partial charge in [-0.1, -0.05) is 0 Å². The number of aromatic nitrogens is 2. The number of nitrogens with one attached hydrogen (secondary N) is 2. The average molecular weight is 281 g/mol. The van der Waals surface area contributed by atoms with Crippen LogP contribution in [0.4, 0.5) is 11.6 Å². The Morgan fingerprint density at radius 2 is 2.10 bits per heavy atom. The van der Waals surface area contributed by atoms with E-state index in [-0.39, 0.29) is 12.5 Å². The van der Waals surface area contributed by atoms with Crippen LogP contribution in [0.2, 0.25) is 0 Å². The molecule has 20 heavy (non-hydrogen) atoms. The summed E-state index contributed by atoms with van der Waals surface area (Å²) in [7, 11) is 3.42. The molecule has 0 aliphatic rings. The molecule has 0 aliphatic heterocycles. The fourth-order valence-electron chi connectivity index (χ4n) is 1.64. The van der Waals surface area contributed by atoms with Crippen LogP contribution in [0.1, 0.15) is 19.7 Å². The van der Waals surface area contributed by atoms with E-state index in [1.54, 1.807) is 14.1 Å². The number of anilines is 2. The maximum atomic E-state index is 11.5. The summed E-state index contributed by atoms with van der Waals surface area (Å²) >= 11 is 0. The zero-order chi connectivity index (χ0) is 15.0. The van der Waals surface area contributed by atoms with E-state index in [0.29, 0.717) is 37.2 Å². The molecule has 0 bridgehead atoms. The Morgan fingerprint density at radius 3 is 2.65 bits per heavy atom. The van der Waals surface area contributed by atoms with Gasteiger partial charge in [0, 0.05) is 33.3 Å². The van der Waals surface area contributed by atoms with Gasteiger partial charge in [-0.15, -0.1) is 0 Å². The molecule has 0 unspecified atom stereocenters. The van der Waals surface area contributed by atoms with Gasteiger partial charge in [-0.2, -0.15) is 0 Å². The highest BCUT2D eigenvalue weighted by Crippen LogP contribution is 2.16. The fraction of sp³-hybridized carbons (Fsp3) is 0.615. The minimum absolute atomic E-state index is 0.0529. The Hall–Kier alpha value is -1.89. The van der Waals surface area contributed by atoms with Crippen LogP contribution in [0, 0.1) is 0 Å². The summed E-state index contributed by atoms with van der Waals surface area (Å²) in [6, 6.07) is 1.82. The normalized spacial score (nSPS) is 10.2. The fourth-order valence-corrected chi connectivity index (χ4v) is 1.64. The first kappa shape index (κ1) is 16.2. The van der Waals surface area contributed by atoms with Crippen LogP contribution in [-0.4, -0.2) is 49.7 Å². The number of hydrogen-bond acceptors (Lipinski definition) is 6. The van der Waals surface area contributed by atoms with Gasteiger partial charge in [0.1, 0.15) is 18.2 Å². The van der Waals surface area contributed by atoms with E-state index in [4.69, 9.17) is 4.74 Å². The number of ether oxygens (including phenoxy) is 1. The summed E-state index contributed by atoms with van der Waals surface area (Å²) < 4.78 is 5.34. The number of hydrogen-bond donors (Lipinski definition) is 2. The minimum Gasteiger partial charge on any atom is -0.374 e. The van der Waals surface area contributed by atoms with E-state index in [2.05, 4.69) is 20.6 Å². The van der Waals surface area contributed by atoms with Crippen molar-refractivity contribution in [3.05, 3.63) is 11.9 Å². The topological polar surface area (TPSA) is 79.4 Å². The molecule has 0 fully saturated rings. The maximum Gasteiger partial charge on any atom is 0.239 e. The van der Waals surface area contributed by atoms with E-state index < -0.39 is 0 Å². The van der Waals surface area contributed by atoms with E-state index in [1.807, 2.05) is 24.8 Å². The third-order valence-corrected chi connectivity index (χ3v) is 2.77. The van der Waals surface area contributed by atoms with E-state index >= 15 is 0 Å². The predicted molar refractivity (Wildman–Crippen MR) is 78.9 cm³/mol. The van der Waals surface area contributed by atoms with Crippen molar-refractivity contribution < 1.29 is 9.53 Å². The van der Waals surface area contributed by atoms with Crippen molar-refractivity contribution in [2.24, 2.45) is 0 Å². The van der Waals surface area contributed by atoms with Gasteiger partial charge in [-0.05, 0) is 13.8 Å². The third-order valence-electron chi connectivity index (χ3n) is 2.77. The van der Waals surface area contributed by atoms with E-state index in [0.717, 1.165) is 0 Å². The Labute approximate surface area is 119 Å². The zero-order valence-electron chi connectivity index (χ0n) is 12.6. The highest BCUT2D eigenvalue weighted by molar-refractivity contribution is 5.80. The second-order valence-corrected chi connectivity index (χ2v) is 4.10. The van der Waals surface area contributed by atoms with E-state index in [1.165, 1.54) is 0 Å². The quantitative estimate of drug-likeness (QED) is 0.727. The first-order valence-electron chi connectivity index (χ1n) is 6.73. The molecule has 2 N–H and O–H groups in total. The van der Waals surface area contributed by atoms with Crippen molar-refractivity contribution in [3.63, 3.8) is 0 Å². The molecule has 0 spiro atoms. The van der Waals surface area contributed by atoms with Crippen molar-refractivity contribution in [1.82, 2.24) is 15.3 Å². The summed E-state index contributed by atoms with van der Waals surface area (Å²) in [5, 5.41) is 5.61. The van der Waals surface area contributed by atoms with Crippen LogP contribution in [0.25, 0.3) is 0 Å². The molecule has 0 atom stereocenters. The molecule has 7 nitrogen and oxygen atoms in total. The van der Waals surface area contributed by atoms with Crippen LogP contribution in [0.3, 0.4) is 0 Å². The third kappa shape index (κ3) is 4.65. The first-order chi connectivity index (χ1) is 9.64. The van der Waals surface area contributed by atoms with Crippen molar-refractivity contribution in [2.45, 2.75) is 20.5 Å². The largest absolute Gasteiger partial charge is 0.374 e. The number of carbonyl (C=O) groups excluding carboxylic acids is 1. The Balaban J connectivity index is 2.97. The Bertz CT molecular complexity index is 439. The smallest absolute Gasteiger partial charge is 0.239 e. The van der Waals surface area contributed by atoms with Gasteiger partial charge < -0.3 is 20.3 Å². The van der Waals surface area contributed by atoms with Gasteiger partial charge in [0.05, 0.1) is 6.54 Å². The van der Waals surface area contributed by atoms with Crippen molar-refractivity contribution in [1.29, 1.82) is 0 Å². The zero-order valence-corrected chi connectivity index (χ0v) is 12.6. The molecule has 0 aliphatic carbocycles. The molecule has 1 heterocycles. The predicted octanol–water partition coefficient (Wildman–Crippen LogP) is 0.627. The molecule has 0 saturated carbocycles. The van der Waals surface area contributed by atoms with Crippen molar-refractivity contribution in [2.75, 3.05) is 44.0 Å². The number of carbonyl (C=O) groups is 1. The Morgan fingerprint density at radius 1 is 1.35 bits per heavy atom. The Kier molecular flexibility index (Phi) is 6.72. The number of likely N-dealkylation sites (N-methyl/N-ethyl adjacent to an activating group) is 2. The molecule has 1 rings (SSSR count). The minimum atomic E-state index is -0.0529. The highest BCUT2D eigenvalue weighted by Gasteiger charge is 2.13. The highest BCUT2D eigenvalue weighted by atomic mass is 16.5. The monoisotopic (exact) mass is 281 g/mol. The molecule has 0 saturated heterocycles. The van der Waals surface area contributed by atoms with Crippen LogP contribution in [0.5, 0.6) is 0 Å². The van der Waals surface area contributed by atoms with Crippen LogP contribution in [-0.2, 0) is 16.1 Å². The van der Waals surface area contributed by atoms with Gasteiger partial charge in [-0.25, -0.2) is 9.97 Å². The van der Waals surface area contributed by atoms with Gasteiger partial charge >= 0.3 is 0 Å². The SMILES string of the molecule is CCOCc1nc(NC)cc(N(CC)CC(=O)NC)n1. The molecule has 1 aromatic heterocycles. The summed E-state index contributed by atoms with van der Waals surface area (Å²) in [6.07, 6.45) is 0. The van der Waals surface area contributed by atoms with Crippen LogP contribution < -0.4 is 15.5 Å². The van der Waals surface area contributed by atoms with Gasteiger partial charge in [0.25, 0.3) is 0 Å². The van der Waals surface area contributed by atoms with Crippen LogP contribution >= 0.6 is 0 Å². The van der Waals surface area contributed by atoms with Gasteiger partial charge in [0.2, 0.25) is 5.91 Å². The second kappa shape index (κ2) is 8.31. The average Bonchev–Trinajstić information content (AvgIpc) is 2.49. The standard InChI is InChI=1S/C13H23N5O2/c1-5-18(8-13(19)15-4)12-7-10(14-3)16-11(17-12)9-20-6-2/h7H,5-6,8-9H2,1-4H3,(H,15,19)(H,14,16,17). The molecule has 0 aromatic carbocycles. The van der Waals surface area contributed by atoms with Crippen molar-refractivity contribution in [3.8, 4) is 0 Å². The molecule has 112 valence electrons. The second-order valence-electron chi connectivity index (χ2n) is 4.10. The lowest BCUT2D eigenvalue weighted by Crippen LogP contribution is -2.36. The van der Waals surface area contributed by atoms with Crippen molar-refractivity contribution >= 4 is 17.5 Å². The lowest BCUT2D eigenvalue weighted by atomic mass is 10.4. The lowest BCUT2D eigenvalue weighted by Gasteiger charge is -2.22. The van der Waals surface area contributed by atoms with E-state index in [9.17, 15) is 4.79 Å². The molecule has 0 radical (unpaired) electrons. The molecule has 1 aromatic rings.